The summed E-state index contributed by atoms with van der Waals surface area (Å²) in [5.74, 6) is 0.578. The van der Waals surface area contributed by atoms with Crippen LogP contribution >= 0.6 is 0 Å². The summed E-state index contributed by atoms with van der Waals surface area (Å²) in [5.41, 5.74) is 0.252. The maximum absolute atomic E-state index is 13.0. The molecule has 1 fully saturated rings. The van der Waals surface area contributed by atoms with Crippen LogP contribution in [-0.2, 0) is 9.59 Å². The Morgan fingerprint density at radius 2 is 1.97 bits per heavy atom. The number of hydrogen-bond acceptors (Lipinski definition) is 7. The zero-order valence-electron chi connectivity index (χ0n) is 17.1. The Kier molecular flexibility index (Phi) is 4.76. The molecule has 1 aromatic carbocycles. The van der Waals surface area contributed by atoms with E-state index in [0.29, 0.717) is 29.1 Å². The van der Waals surface area contributed by atoms with Gasteiger partial charge in [-0.05, 0) is 30.9 Å². The van der Waals surface area contributed by atoms with Gasteiger partial charge in [-0.3, -0.25) is 19.4 Å². The molecule has 0 radical (unpaired) electrons. The summed E-state index contributed by atoms with van der Waals surface area (Å²) in [7, 11) is 0. The number of nitrogens with zero attached hydrogens (tertiary/aromatic N) is 2. The Bertz CT molecular complexity index is 1110. The van der Waals surface area contributed by atoms with Crippen LogP contribution in [0.4, 0.5) is 17.5 Å². The smallest absolute Gasteiger partial charge is 0.258 e. The fourth-order valence-corrected chi connectivity index (χ4v) is 4.16. The summed E-state index contributed by atoms with van der Waals surface area (Å²) in [6.07, 6.45) is 1.89. The summed E-state index contributed by atoms with van der Waals surface area (Å²) < 4.78 is 10.6. The number of aromatic amines is 1. The fourth-order valence-electron chi connectivity index (χ4n) is 4.16. The van der Waals surface area contributed by atoms with E-state index in [1.807, 2.05) is 4.90 Å². The normalized spacial score (nSPS) is 20.2. The van der Waals surface area contributed by atoms with Gasteiger partial charge in [0.05, 0.1) is 11.5 Å². The molecule has 0 aliphatic carbocycles. The van der Waals surface area contributed by atoms with Crippen molar-refractivity contribution in [3.8, 4) is 11.5 Å². The van der Waals surface area contributed by atoms with Crippen LogP contribution in [-0.4, -0.2) is 41.7 Å². The summed E-state index contributed by atoms with van der Waals surface area (Å²) in [4.78, 5) is 47.5. The Balaban J connectivity index is 1.41. The first-order chi connectivity index (χ1) is 15.0. The second kappa shape index (κ2) is 7.60. The SMILES string of the molecule is CC1CCN(c2nc3c(c(=O)[nH]2)[C@@H](C(=O)Nc2ccc4c(c2)OCO4)CC(=O)N3)CC1. The molecule has 4 heterocycles. The summed E-state index contributed by atoms with van der Waals surface area (Å²) >= 11 is 0. The molecule has 3 N–H and O–H groups in total. The van der Waals surface area contributed by atoms with E-state index in [2.05, 4.69) is 27.5 Å². The van der Waals surface area contributed by atoms with Gasteiger partial charge in [0.1, 0.15) is 5.82 Å². The number of nitrogens with one attached hydrogen (secondary N) is 3. The lowest BCUT2D eigenvalue weighted by Gasteiger charge is -2.31. The van der Waals surface area contributed by atoms with Gasteiger partial charge in [-0.25, -0.2) is 0 Å². The molecular formula is C21H23N5O5. The van der Waals surface area contributed by atoms with Gasteiger partial charge < -0.3 is 25.0 Å². The van der Waals surface area contributed by atoms with Crippen molar-refractivity contribution in [2.24, 2.45) is 5.92 Å². The van der Waals surface area contributed by atoms with Crippen LogP contribution in [0.1, 0.15) is 37.7 Å². The van der Waals surface area contributed by atoms with Gasteiger partial charge in [0.2, 0.25) is 24.6 Å². The predicted octanol–water partition coefficient (Wildman–Crippen LogP) is 1.80. The molecule has 0 spiro atoms. The van der Waals surface area contributed by atoms with Gasteiger partial charge in [-0.15, -0.1) is 0 Å². The van der Waals surface area contributed by atoms with E-state index < -0.39 is 17.4 Å². The van der Waals surface area contributed by atoms with Crippen LogP contribution < -0.4 is 30.6 Å². The van der Waals surface area contributed by atoms with Gasteiger partial charge in [-0.2, -0.15) is 4.98 Å². The van der Waals surface area contributed by atoms with Crippen molar-refractivity contribution in [2.45, 2.75) is 32.1 Å². The van der Waals surface area contributed by atoms with E-state index in [1.54, 1.807) is 18.2 Å². The molecule has 0 saturated carbocycles. The number of aromatic nitrogens is 2. The molecule has 31 heavy (non-hydrogen) atoms. The minimum absolute atomic E-state index is 0.127. The average molecular weight is 425 g/mol. The van der Waals surface area contributed by atoms with Crippen molar-refractivity contribution in [1.82, 2.24) is 9.97 Å². The first-order valence-electron chi connectivity index (χ1n) is 10.4. The van der Waals surface area contributed by atoms with E-state index in [0.717, 1.165) is 25.9 Å². The van der Waals surface area contributed by atoms with Crippen LogP contribution in [0.2, 0.25) is 0 Å². The number of H-pyrrole nitrogens is 1. The largest absolute Gasteiger partial charge is 0.454 e. The zero-order valence-corrected chi connectivity index (χ0v) is 17.1. The minimum atomic E-state index is -0.944. The first-order valence-corrected chi connectivity index (χ1v) is 10.4. The van der Waals surface area contributed by atoms with Crippen LogP contribution in [0.5, 0.6) is 11.5 Å². The van der Waals surface area contributed by atoms with Crippen molar-refractivity contribution in [2.75, 3.05) is 35.4 Å². The molecule has 3 aliphatic rings. The molecule has 162 valence electrons. The van der Waals surface area contributed by atoms with Gasteiger partial charge in [0.15, 0.2) is 11.5 Å². The van der Waals surface area contributed by atoms with Crippen LogP contribution in [0.3, 0.4) is 0 Å². The van der Waals surface area contributed by atoms with E-state index in [1.165, 1.54) is 0 Å². The Morgan fingerprint density at radius 1 is 1.19 bits per heavy atom. The van der Waals surface area contributed by atoms with Crippen molar-refractivity contribution in [3.63, 3.8) is 0 Å². The second-order valence-electron chi connectivity index (χ2n) is 8.18. The maximum atomic E-state index is 13.0. The molecule has 1 atom stereocenters. The lowest BCUT2D eigenvalue weighted by molar-refractivity contribution is -0.123. The third kappa shape index (κ3) is 3.69. The molecule has 0 bridgehead atoms. The number of amides is 2. The Morgan fingerprint density at radius 3 is 2.77 bits per heavy atom. The molecule has 0 unspecified atom stereocenters. The van der Waals surface area contributed by atoms with Crippen molar-refractivity contribution >= 4 is 29.3 Å². The Hall–Kier alpha value is -3.56. The number of anilines is 3. The summed E-state index contributed by atoms with van der Waals surface area (Å²) in [6, 6.07) is 5.02. The second-order valence-corrected chi connectivity index (χ2v) is 8.18. The molecule has 1 aromatic heterocycles. The number of fused-ring (bicyclic) bond motifs is 2. The monoisotopic (exact) mass is 425 g/mol. The highest BCUT2D eigenvalue weighted by molar-refractivity contribution is 6.04. The van der Waals surface area contributed by atoms with Crippen molar-refractivity contribution in [3.05, 3.63) is 34.1 Å². The van der Waals surface area contributed by atoms with Gasteiger partial charge in [0, 0.05) is 31.3 Å². The summed E-state index contributed by atoms with van der Waals surface area (Å²) in [6.45, 7) is 3.89. The topological polar surface area (TPSA) is 126 Å². The highest BCUT2D eigenvalue weighted by atomic mass is 16.7. The lowest BCUT2D eigenvalue weighted by Crippen LogP contribution is -2.39. The third-order valence-electron chi connectivity index (χ3n) is 5.98. The number of hydrogen-bond donors (Lipinski definition) is 3. The highest BCUT2D eigenvalue weighted by Crippen LogP contribution is 2.35. The fraction of sp³-hybridized carbons (Fsp3) is 0.429. The number of carbonyl (C=O) groups excluding carboxylic acids is 2. The van der Waals surface area contributed by atoms with Crippen LogP contribution in [0, 0.1) is 5.92 Å². The van der Waals surface area contributed by atoms with Crippen LogP contribution in [0.25, 0.3) is 0 Å². The van der Waals surface area contributed by atoms with E-state index in [-0.39, 0.29) is 30.5 Å². The zero-order chi connectivity index (χ0) is 21.5. The standard InChI is InChI=1S/C21H23N5O5/c1-11-4-6-26(7-5-11)21-24-18-17(20(29)25-21)13(9-16(27)23-18)19(28)22-12-2-3-14-15(8-12)31-10-30-14/h2-3,8,11,13H,4-7,9-10H2,1H3,(H,22,28)(H2,23,24,25,27,29)/t13-/m0/s1. The lowest BCUT2D eigenvalue weighted by atomic mass is 9.92. The molecule has 10 nitrogen and oxygen atoms in total. The maximum Gasteiger partial charge on any atom is 0.258 e. The molecule has 1 saturated heterocycles. The van der Waals surface area contributed by atoms with Gasteiger partial charge >= 0.3 is 0 Å². The number of ether oxygens (including phenoxy) is 2. The van der Waals surface area contributed by atoms with E-state index in [4.69, 9.17) is 9.47 Å². The number of piperidine rings is 1. The van der Waals surface area contributed by atoms with E-state index >= 15 is 0 Å². The van der Waals surface area contributed by atoms with Gasteiger partial charge in [-0.1, -0.05) is 6.92 Å². The molecule has 3 aliphatic heterocycles. The highest BCUT2D eigenvalue weighted by Gasteiger charge is 2.35. The van der Waals surface area contributed by atoms with Crippen molar-refractivity contribution in [1.29, 1.82) is 0 Å². The Labute approximate surface area is 177 Å². The van der Waals surface area contributed by atoms with Crippen LogP contribution in [0.15, 0.2) is 23.0 Å². The molecule has 5 rings (SSSR count). The molecular weight excluding hydrogens is 402 g/mol. The van der Waals surface area contributed by atoms with Crippen molar-refractivity contribution < 1.29 is 19.1 Å². The van der Waals surface area contributed by atoms with Gasteiger partial charge in [0.25, 0.3) is 5.56 Å². The first kappa shape index (κ1) is 19.4. The predicted molar refractivity (Wildman–Crippen MR) is 113 cm³/mol. The summed E-state index contributed by atoms with van der Waals surface area (Å²) in [5, 5.41) is 5.43. The molecule has 2 aromatic rings. The number of benzene rings is 1. The third-order valence-corrected chi connectivity index (χ3v) is 5.98. The number of rotatable bonds is 3. The average Bonchev–Trinajstić information content (AvgIpc) is 3.21. The quantitative estimate of drug-likeness (QED) is 0.685. The van der Waals surface area contributed by atoms with E-state index in [9.17, 15) is 14.4 Å². The minimum Gasteiger partial charge on any atom is -0.454 e. The molecule has 10 heteroatoms. The molecule has 2 amide bonds. The number of carbonyl (C=O) groups is 2.